The average Bonchev–Trinajstić information content (AvgIpc) is 2.55. The van der Waals surface area contributed by atoms with Crippen LogP contribution in [0.3, 0.4) is 0 Å². The van der Waals surface area contributed by atoms with Gasteiger partial charge in [-0.25, -0.2) is 8.42 Å². The molecule has 0 amide bonds. The molecule has 4 N–H and O–H groups in total. The molecule has 0 fully saturated rings. The van der Waals surface area contributed by atoms with Gasteiger partial charge in [-0.15, -0.1) is 0 Å². The van der Waals surface area contributed by atoms with Crippen molar-refractivity contribution in [2.24, 2.45) is 0 Å². The highest BCUT2D eigenvalue weighted by atomic mass is 35.7. The van der Waals surface area contributed by atoms with E-state index < -0.39 is 35.4 Å². The van der Waals surface area contributed by atoms with E-state index in [4.69, 9.17) is 14.2 Å². The van der Waals surface area contributed by atoms with E-state index in [2.05, 4.69) is 34.9 Å². The number of hydrogen-bond donors (Lipinski definition) is 4. The van der Waals surface area contributed by atoms with Gasteiger partial charge in [0.25, 0.3) is 20.2 Å². The molecule has 0 saturated heterocycles. The van der Waals surface area contributed by atoms with Gasteiger partial charge in [0.15, 0.2) is 0 Å². The van der Waals surface area contributed by atoms with Crippen molar-refractivity contribution in [2.75, 3.05) is 25.4 Å². The molecule has 0 bridgehead atoms. The summed E-state index contributed by atoms with van der Waals surface area (Å²) >= 11 is 0. The van der Waals surface area contributed by atoms with Crippen LogP contribution in [0.5, 0.6) is 0 Å². The number of halogens is 1. The van der Waals surface area contributed by atoms with Crippen molar-refractivity contribution in [1.29, 1.82) is 0 Å². The van der Waals surface area contributed by atoms with Crippen LogP contribution in [0, 0.1) is 0 Å². The van der Waals surface area contributed by atoms with E-state index >= 15 is 0 Å². The fourth-order valence-electron chi connectivity index (χ4n) is 1.92. The molecule has 31 heavy (non-hydrogen) atoms. The van der Waals surface area contributed by atoms with Crippen LogP contribution in [-0.4, -0.2) is 76.1 Å². The smallest absolute Gasteiger partial charge is 0.261 e. The zero-order chi connectivity index (χ0) is 24.9. The summed E-state index contributed by atoms with van der Waals surface area (Å²) in [6.07, 6.45) is 3.14. The summed E-state index contributed by atoms with van der Waals surface area (Å²) in [5.74, 6) is 0. The molecule has 0 heterocycles. The number of aliphatic hydroxyl groups excluding tert-OH is 2. The first-order chi connectivity index (χ1) is 13.8. The van der Waals surface area contributed by atoms with Crippen LogP contribution in [-0.2, 0) is 35.7 Å². The lowest BCUT2D eigenvalue weighted by Crippen LogP contribution is -2.12. The number of aliphatic hydroxyl groups is 2. The summed E-state index contributed by atoms with van der Waals surface area (Å²) in [7, 11) is -6.03. The standard InChI is InChI=1S/C14H16O2.CH3ClO2S.2CH4O3S/c15-10-13(16)9-8-12-6-3-5-11-4-1-2-7-14(11)12;3*1-5(2,3)4/h1-7,13,15-16H,8-10H2;1H3;2*1H3,(H,2,3,4). The summed E-state index contributed by atoms with van der Waals surface area (Å²) in [6.45, 7) is -0.162. The van der Waals surface area contributed by atoms with E-state index in [0.29, 0.717) is 18.9 Å². The minimum absolute atomic E-state index is 0.162. The van der Waals surface area contributed by atoms with Crippen LogP contribution in [0.15, 0.2) is 42.5 Å². The Morgan fingerprint density at radius 3 is 1.65 bits per heavy atom. The first kappa shape index (κ1) is 31.9. The highest BCUT2D eigenvalue weighted by molar-refractivity contribution is 8.13. The van der Waals surface area contributed by atoms with Crippen LogP contribution in [0.4, 0.5) is 0 Å². The van der Waals surface area contributed by atoms with E-state index in [1.54, 1.807) is 0 Å². The van der Waals surface area contributed by atoms with Gasteiger partial charge in [-0.1, -0.05) is 42.5 Å². The van der Waals surface area contributed by atoms with Gasteiger partial charge in [-0.05, 0) is 29.2 Å². The van der Waals surface area contributed by atoms with Gasteiger partial charge in [0.05, 0.1) is 31.5 Å². The van der Waals surface area contributed by atoms with Crippen LogP contribution >= 0.6 is 10.7 Å². The second kappa shape index (κ2) is 14.7. The summed E-state index contributed by atoms with van der Waals surface area (Å²) in [6, 6.07) is 14.4. The zero-order valence-corrected chi connectivity index (χ0v) is 20.3. The Hall–Kier alpha value is -1.32. The zero-order valence-electron chi connectivity index (χ0n) is 17.1. The lowest BCUT2D eigenvalue weighted by Gasteiger charge is -2.09. The predicted octanol–water partition coefficient (Wildman–Crippen LogP) is 1.32. The van der Waals surface area contributed by atoms with E-state index in [0.717, 1.165) is 12.7 Å². The van der Waals surface area contributed by atoms with Crippen LogP contribution in [0.25, 0.3) is 10.8 Å². The highest BCUT2D eigenvalue weighted by Crippen LogP contribution is 2.20. The van der Waals surface area contributed by atoms with Crippen molar-refractivity contribution in [3.8, 4) is 0 Å². The molecular weight excluding hydrogens is 496 g/mol. The fraction of sp³-hybridized carbons (Fsp3) is 0.412. The summed E-state index contributed by atoms with van der Waals surface area (Å²) < 4.78 is 70.5. The molecule has 1 atom stereocenters. The number of benzene rings is 2. The van der Waals surface area contributed by atoms with Crippen molar-refractivity contribution < 1.29 is 44.6 Å². The molecule has 2 aromatic carbocycles. The topological polar surface area (TPSA) is 183 Å². The van der Waals surface area contributed by atoms with E-state index in [-0.39, 0.29) is 6.61 Å². The normalized spacial score (nSPS) is 12.3. The Balaban J connectivity index is 0. The number of hydrogen-bond acceptors (Lipinski definition) is 8. The molecule has 0 radical (unpaired) electrons. The maximum atomic E-state index is 9.40. The van der Waals surface area contributed by atoms with Crippen LogP contribution < -0.4 is 0 Å². The molecule has 2 aromatic rings. The molecule has 0 aliphatic heterocycles. The fourth-order valence-corrected chi connectivity index (χ4v) is 1.92. The van der Waals surface area contributed by atoms with Crippen molar-refractivity contribution in [2.45, 2.75) is 18.9 Å². The number of rotatable bonds is 4. The third-order valence-electron chi connectivity index (χ3n) is 2.84. The second-order valence-corrected chi connectivity index (χ2v) is 12.1. The Morgan fingerprint density at radius 2 is 1.23 bits per heavy atom. The molecule has 180 valence electrons. The average molecular weight is 523 g/mol. The number of fused-ring (bicyclic) bond motifs is 1. The molecule has 0 aromatic heterocycles. The quantitative estimate of drug-likeness (QED) is 0.337. The van der Waals surface area contributed by atoms with Gasteiger partial charge in [-0.2, -0.15) is 16.8 Å². The summed E-state index contributed by atoms with van der Waals surface area (Å²) in [4.78, 5) is 0. The van der Waals surface area contributed by atoms with E-state index in [9.17, 15) is 30.4 Å². The van der Waals surface area contributed by atoms with E-state index in [1.807, 2.05) is 18.2 Å². The van der Waals surface area contributed by atoms with Crippen molar-refractivity contribution in [3.63, 3.8) is 0 Å². The molecule has 2 rings (SSSR count). The van der Waals surface area contributed by atoms with Gasteiger partial charge in [0.1, 0.15) is 0 Å². The number of aryl methyl sites for hydroxylation is 1. The molecular formula is C17H27ClO10S3. The SMILES string of the molecule is CS(=O)(=O)Cl.CS(=O)(=O)O.CS(=O)(=O)O.OCC(O)CCc1cccc2ccccc12. The minimum atomic E-state index is -3.67. The lowest BCUT2D eigenvalue weighted by atomic mass is 10.00. The lowest BCUT2D eigenvalue weighted by molar-refractivity contribution is 0.0886. The first-order valence-corrected chi connectivity index (χ1v) is 14.7. The third-order valence-corrected chi connectivity index (χ3v) is 2.84. The Kier molecular flexibility index (Phi) is 15.1. The minimum Gasteiger partial charge on any atom is -0.394 e. The van der Waals surface area contributed by atoms with Crippen molar-refractivity contribution >= 4 is 50.7 Å². The van der Waals surface area contributed by atoms with Gasteiger partial charge < -0.3 is 10.2 Å². The molecule has 10 nitrogen and oxygen atoms in total. The predicted molar refractivity (Wildman–Crippen MR) is 121 cm³/mol. The Bertz CT molecular complexity index is 997. The van der Waals surface area contributed by atoms with Crippen LogP contribution in [0.2, 0.25) is 0 Å². The molecule has 0 saturated carbocycles. The largest absolute Gasteiger partial charge is 0.394 e. The second-order valence-electron chi connectivity index (χ2n) is 6.16. The molecule has 0 aliphatic carbocycles. The van der Waals surface area contributed by atoms with Gasteiger partial charge in [-0.3, -0.25) is 9.11 Å². The summed E-state index contributed by atoms with van der Waals surface area (Å²) in [5.41, 5.74) is 1.23. The molecule has 0 aliphatic rings. The van der Waals surface area contributed by atoms with Crippen molar-refractivity contribution in [1.82, 2.24) is 0 Å². The highest BCUT2D eigenvalue weighted by Gasteiger charge is 2.04. The monoisotopic (exact) mass is 522 g/mol. The van der Waals surface area contributed by atoms with Gasteiger partial charge >= 0.3 is 0 Å². The first-order valence-electron chi connectivity index (χ1n) is 8.31. The third kappa shape index (κ3) is 28.7. The Morgan fingerprint density at radius 1 is 0.839 bits per heavy atom. The maximum Gasteiger partial charge on any atom is 0.261 e. The molecule has 1 unspecified atom stereocenters. The van der Waals surface area contributed by atoms with E-state index in [1.165, 1.54) is 16.3 Å². The van der Waals surface area contributed by atoms with Gasteiger partial charge in [0, 0.05) is 10.7 Å². The summed E-state index contributed by atoms with van der Waals surface area (Å²) in [5, 5.41) is 20.6. The maximum absolute atomic E-state index is 9.40. The van der Waals surface area contributed by atoms with Gasteiger partial charge in [0.2, 0.25) is 9.05 Å². The van der Waals surface area contributed by atoms with Crippen molar-refractivity contribution in [3.05, 3.63) is 48.0 Å². The van der Waals surface area contributed by atoms with Crippen LogP contribution in [0.1, 0.15) is 12.0 Å². The Labute approximate surface area is 187 Å². The molecule has 0 spiro atoms. The molecule has 14 heteroatoms.